The summed E-state index contributed by atoms with van der Waals surface area (Å²) < 4.78 is 0. The van der Waals surface area contributed by atoms with Crippen LogP contribution in [0.2, 0.25) is 0 Å². The quantitative estimate of drug-likeness (QED) is 0.687. The van der Waals surface area contributed by atoms with Crippen molar-refractivity contribution in [1.29, 1.82) is 0 Å². The van der Waals surface area contributed by atoms with Gasteiger partial charge in [-0.3, -0.25) is 0 Å². The maximum atomic E-state index is 4.91. The van der Waals surface area contributed by atoms with E-state index in [4.69, 9.17) is 9.97 Å². The fourth-order valence-electron chi connectivity index (χ4n) is 3.69. The first-order chi connectivity index (χ1) is 14.2. The van der Waals surface area contributed by atoms with Crippen LogP contribution >= 0.6 is 0 Å². The second-order valence-electron chi connectivity index (χ2n) is 7.50. The number of aromatic nitrogens is 2. The van der Waals surface area contributed by atoms with Crippen LogP contribution in [0.4, 0.5) is 11.6 Å². The fraction of sp³-hybridized carbons (Fsp3) is 0.333. The molecule has 0 radical (unpaired) electrons. The number of likely N-dealkylation sites (N-methyl/N-ethyl adjacent to an activating group) is 1. The van der Waals surface area contributed by atoms with E-state index in [9.17, 15) is 0 Å². The molecule has 1 saturated heterocycles. The Labute approximate surface area is 173 Å². The molecular formula is C24H29N5. The highest BCUT2D eigenvalue weighted by Crippen LogP contribution is 2.24. The average molecular weight is 388 g/mol. The lowest BCUT2D eigenvalue weighted by atomic mass is 10.1. The molecule has 0 aliphatic carbocycles. The molecule has 1 aliphatic rings. The molecule has 5 nitrogen and oxygen atoms in total. The highest BCUT2D eigenvalue weighted by atomic mass is 15.3. The van der Waals surface area contributed by atoms with Crippen molar-refractivity contribution in [1.82, 2.24) is 14.9 Å². The molecule has 0 unspecified atom stereocenters. The summed E-state index contributed by atoms with van der Waals surface area (Å²) in [5, 5.41) is 3.52. The molecule has 0 atom stereocenters. The van der Waals surface area contributed by atoms with Crippen molar-refractivity contribution in [3.8, 4) is 11.4 Å². The Morgan fingerprint density at radius 3 is 2.34 bits per heavy atom. The van der Waals surface area contributed by atoms with Gasteiger partial charge >= 0.3 is 0 Å². The lowest BCUT2D eigenvalue weighted by Crippen LogP contribution is -2.46. The zero-order valence-electron chi connectivity index (χ0n) is 17.3. The van der Waals surface area contributed by atoms with Crippen LogP contribution in [0.1, 0.15) is 18.1 Å². The van der Waals surface area contributed by atoms with E-state index in [0.717, 1.165) is 62.3 Å². The highest BCUT2D eigenvalue weighted by molar-refractivity contribution is 5.62. The van der Waals surface area contributed by atoms with Crippen LogP contribution in [0.3, 0.4) is 0 Å². The number of hydrogen-bond acceptors (Lipinski definition) is 5. The van der Waals surface area contributed by atoms with E-state index >= 15 is 0 Å². The van der Waals surface area contributed by atoms with E-state index in [1.165, 1.54) is 11.1 Å². The van der Waals surface area contributed by atoms with Gasteiger partial charge in [0, 0.05) is 44.4 Å². The maximum absolute atomic E-state index is 4.91. The summed E-state index contributed by atoms with van der Waals surface area (Å²) in [6, 6.07) is 20.8. The average Bonchev–Trinajstić information content (AvgIpc) is 2.79. The third-order valence-corrected chi connectivity index (χ3v) is 5.61. The van der Waals surface area contributed by atoms with Crippen molar-refractivity contribution < 1.29 is 0 Å². The van der Waals surface area contributed by atoms with Crippen LogP contribution in [-0.2, 0) is 6.54 Å². The summed E-state index contributed by atoms with van der Waals surface area (Å²) in [7, 11) is 0. The van der Waals surface area contributed by atoms with Gasteiger partial charge in [0.2, 0.25) is 0 Å². The topological polar surface area (TPSA) is 44.3 Å². The molecule has 4 rings (SSSR count). The van der Waals surface area contributed by atoms with Crippen molar-refractivity contribution in [2.45, 2.75) is 20.4 Å². The molecule has 0 amide bonds. The lowest BCUT2D eigenvalue weighted by Gasteiger charge is -2.35. The fourth-order valence-corrected chi connectivity index (χ4v) is 3.69. The molecule has 1 fully saturated rings. The van der Waals surface area contributed by atoms with Crippen LogP contribution in [0.15, 0.2) is 60.7 Å². The number of aryl methyl sites for hydroxylation is 1. The molecule has 0 bridgehead atoms. The van der Waals surface area contributed by atoms with Crippen LogP contribution in [0.5, 0.6) is 0 Å². The van der Waals surface area contributed by atoms with Crippen LogP contribution < -0.4 is 10.2 Å². The molecule has 1 aliphatic heterocycles. The Hall–Kier alpha value is -2.92. The standard InChI is InChI=1S/C24H29N5/c1-3-28-13-15-29(16-14-28)23-17-22(25-18-21-12-8-7-9-19(21)2)26-24(27-23)20-10-5-4-6-11-20/h4-12,17H,3,13-16,18H2,1-2H3,(H,25,26,27). The van der Waals surface area contributed by atoms with Crippen molar-refractivity contribution >= 4 is 11.6 Å². The number of anilines is 2. The zero-order valence-corrected chi connectivity index (χ0v) is 17.3. The minimum atomic E-state index is 0.751. The van der Waals surface area contributed by atoms with Gasteiger partial charge in [0.05, 0.1) is 0 Å². The van der Waals surface area contributed by atoms with E-state index in [1.54, 1.807) is 0 Å². The van der Waals surface area contributed by atoms with Crippen molar-refractivity contribution in [3.05, 3.63) is 71.8 Å². The Morgan fingerprint density at radius 2 is 1.62 bits per heavy atom. The first-order valence-electron chi connectivity index (χ1n) is 10.4. The van der Waals surface area contributed by atoms with Crippen LogP contribution in [0, 0.1) is 6.92 Å². The van der Waals surface area contributed by atoms with Gasteiger partial charge in [-0.1, -0.05) is 61.5 Å². The Balaban J connectivity index is 1.61. The van der Waals surface area contributed by atoms with Gasteiger partial charge in [-0.15, -0.1) is 0 Å². The third kappa shape index (κ3) is 4.74. The first kappa shape index (κ1) is 19.4. The Morgan fingerprint density at radius 1 is 0.897 bits per heavy atom. The number of nitrogens with one attached hydrogen (secondary N) is 1. The minimum Gasteiger partial charge on any atom is -0.366 e. The smallest absolute Gasteiger partial charge is 0.163 e. The van der Waals surface area contributed by atoms with Crippen molar-refractivity contribution in [2.75, 3.05) is 42.9 Å². The monoisotopic (exact) mass is 387 g/mol. The van der Waals surface area contributed by atoms with Crippen LogP contribution in [0.25, 0.3) is 11.4 Å². The van der Waals surface area contributed by atoms with Gasteiger partial charge in [-0.05, 0) is 24.6 Å². The summed E-state index contributed by atoms with van der Waals surface area (Å²) in [5.74, 6) is 2.64. The molecule has 5 heteroatoms. The predicted molar refractivity (Wildman–Crippen MR) is 120 cm³/mol. The summed E-state index contributed by atoms with van der Waals surface area (Å²) >= 11 is 0. The van der Waals surface area contributed by atoms with Gasteiger partial charge in [-0.25, -0.2) is 9.97 Å². The number of benzene rings is 2. The number of nitrogens with zero attached hydrogens (tertiary/aromatic N) is 4. The van der Waals surface area contributed by atoms with E-state index in [0.29, 0.717) is 0 Å². The van der Waals surface area contributed by atoms with Crippen molar-refractivity contribution in [2.24, 2.45) is 0 Å². The molecule has 2 aromatic carbocycles. The molecule has 0 spiro atoms. The van der Waals surface area contributed by atoms with Gasteiger partial charge in [0.1, 0.15) is 11.6 Å². The molecular weight excluding hydrogens is 358 g/mol. The van der Waals surface area contributed by atoms with Crippen molar-refractivity contribution in [3.63, 3.8) is 0 Å². The molecule has 0 saturated carbocycles. The second kappa shape index (κ2) is 9.05. The van der Waals surface area contributed by atoms with Crippen LogP contribution in [-0.4, -0.2) is 47.6 Å². The largest absolute Gasteiger partial charge is 0.366 e. The summed E-state index contributed by atoms with van der Waals surface area (Å²) in [6.45, 7) is 10.4. The summed E-state index contributed by atoms with van der Waals surface area (Å²) in [5.41, 5.74) is 3.61. The Bertz CT molecular complexity index is 933. The lowest BCUT2D eigenvalue weighted by molar-refractivity contribution is 0.270. The van der Waals surface area contributed by atoms with Gasteiger partial charge < -0.3 is 15.1 Å². The molecule has 150 valence electrons. The Kier molecular flexibility index (Phi) is 6.06. The van der Waals surface area contributed by atoms with E-state index in [-0.39, 0.29) is 0 Å². The van der Waals surface area contributed by atoms with E-state index < -0.39 is 0 Å². The summed E-state index contributed by atoms with van der Waals surface area (Å²) in [4.78, 5) is 14.6. The first-order valence-corrected chi connectivity index (χ1v) is 10.4. The zero-order chi connectivity index (χ0) is 20.1. The number of piperazine rings is 1. The third-order valence-electron chi connectivity index (χ3n) is 5.61. The molecule has 3 aromatic rings. The van der Waals surface area contributed by atoms with E-state index in [1.807, 2.05) is 18.2 Å². The predicted octanol–water partition coefficient (Wildman–Crippen LogP) is 4.21. The van der Waals surface area contributed by atoms with Gasteiger partial charge in [-0.2, -0.15) is 0 Å². The molecule has 29 heavy (non-hydrogen) atoms. The maximum Gasteiger partial charge on any atom is 0.163 e. The highest BCUT2D eigenvalue weighted by Gasteiger charge is 2.18. The molecule has 1 aromatic heterocycles. The normalized spacial score (nSPS) is 14.8. The minimum absolute atomic E-state index is 0.751. The van der Waals surface area contributed by atoms with Gasteiger partial charge in [0.25, 0.3) is 0 Å². The summed E-state index contributed by atoms with van der Waals surface area (Å²) in [6.07, 6.45) is 0. The number of hydrogen-bond donors (Lipinski definition) is 1. The van der Waals surface area contributed by atoms with Gasteiger partial charge in [0.15, 0.2) is 5.82 Å². The number of rotatable bonds is 6. The SMILES string of the molecule is CCN1CCN(c2cc(NCc3ccccc3C)nc(-c3ccccc3)n2)CC1. The second-order valence-corrected chi connectivity index (χ2v) is 7.50. The van der Waals surface area contributed by atoms with E-state index in [2.05, 4.69) is 71.4 Å². The molecule has 1 N–H and O–H groups in total. The molecule has 2 heterocycles.